The molecule has 3 heterocycles. The maximum absolute atomic E-state index is 13.3. The highest BCUT2D eigenvalue weighted by Gasteiger charge is 2.38. The molecule has 0 spiro atoms. The van der Waals surface area contributed by atoms with Gasteiger partial charge in [-0.1, -0.05) is 22.0 Å². The Hall–Kier alpha value is -1.46. The molecular weight excluding hydrogens is 354 g/mol. The van der Waals surface area contributed by atoms with E-state index in [4.69, 9.17) is 0 Å². The molecule has 0 saturated carbocycles. The molecule has 2 atom stereocenters. The number of nitrogens with one attached hydrogen (secondary N) is 1. The van der Waals surface area contributed by atoms with Gasteiger partial charge in [-0.05, 0) is 50.9 Å². The third-order valence-electron chi connectivity index (χ3n) is 5.02. The predicted molar refractivity (Wildman–Crippen MR) is 94.6 cm³/mol. The van der Waals surface area contributed by atoms with Gasteiger partial charge in [0.05, 0.1) is 11.1 Å². The van der Waals surface area contributed by atoms with E-state index in [9.17, 15) is 4.79 Å². The van der Waals surface area contributed by atoms with Crippen LogP contribution in [-0.2, 0) is 0 Å². The zero-order valence-electron chi connectivity index (χ0n) is 13.2. The van der Waals surface area contributed by atoms with Crippen molar-refractivity contribution in [1.29, 1.82) is 0 Å². The van der Waals surface area contributed by atoms with Crippen molar-refractivity contribution in [3.05, 3.63) is 40.0 Å². The first kappa shape index (κ1) is 15.1. The van der Waals surface area contributed by atoms with Crippen LogP contribution < -0.4 is 5.32 Å². The SMILES string of the molecule is Cc1cc(C(=O)N2C3CCNCC2CC3)c2ccc(Br)cc2n1. The highest BCUT2D eigenvalue weighted by molar-refractivity contribution is 9.10. The minimum atomic E-state index is 0.166. The molecule has 120 valence electrons. The fourth-order valence-corrected chi connectivity index (χ4v) is 4.31. The second-order valence-electron chi connectivity index (χ2n) is 6.56. The van der Waals surface area contributed by atoms with E-state index in [0.717, 1.165) is 59.0 Å². The molecule has 2 aromatic rings. The fraction of sp³-hybridized carbons (Fsp3) is 0.444. The van der Waals surface area contributed by atoms with Crippen molar-refractivity contribution in [1.82, 2.24) is 15.2 Å². The quantitative estimate of drug-likeness (QED) is 0.834. The smallest absolute Gasteiger partial charge is 0.255 e. The number of rotatable bonds is 1. The number of nitrogens with zero attached hydrogens (tertiary/aromatic N) is 2. The maximum Gasteiger partial charge on any atom is 0.255 e. The molecule has 2 fully saturated rings. The van der Waals surface area contributed by atoms with Crippen molar-refractivity contribution in [3.8, 4) is 0 Å². The van der Waals surface area contributed by atoms with Crippen LogP contribution in [-0.4, -0.2) is 41.0 Å². The number of hydrogen-bond donors (Lipinski definition) is 1. The highest BCUT2D eigenvalue weighted by Crippen LogP contribution is 2.31. The summed E-state index contributed by atoms with van der Waals surface area (Å²) in [5, 5.41) is 4.40. The van der Waals surface area contributed by atoms with Gasteiger partial charge in [0.2, 0.25) is 0 Å². The van der Waals surface area contributed by atoms with Crippen LogP contribution in [0.2, 0.25) is 0 Å². The Labute approximate surface area is 144 Å². The molecule has 1 N–H and O–H groups in total. The number of halogens is 1. The Balaban J connectivity index is 1.80. The molecule has 4 nitrogen and oxygen atoms in total. The number of aryl methyl sites for hydroxylation is 1. The molecule has 2 bridgehead atoms. The molecule has 2 unspecified atom stereocenters. The number of benzene rings is 1. The summed E-state index contributed by atoms with van der Waals surface area (Å²) < 4.78 is 0.987. The van der Waals surface area contributed by atoms with Crippen LogP contribution >= 0.6 is 15.9 Å². The Morgan fingerprint density at radius 3 is 2.96 bits per heavy atom. The van der Waals surface area contributed by atoms with Gasteiger partial charge in [-0.15, -0.1) is 0 Å². The molecule has 5 heteroatoms. The number of hydrogen-bond acceptors (Lipinski definition) is 3. The average molecular weight is 374 g/mol. The molecular formula is C18H20BrN3O. The second-order valence-corrected chi connectivity index (χ2v) is 7.48. The zero-order chi connectivity index (χ0) is 16.0. The summed E-state index contributed by atoms with van der Waals surface area (Å²) >= 11 is 3.49. The summed E-state index contributed by atoms with van der Waals surface area (Å²) in [7, 11) is 0. The summed E-state index contributed by atoms with van der Waals surface area (Å²) in [6, 6.07) is 8.61. The average Bonchev–Trinajstić information content (AvgIpc) is 2.78. The number of amides is 1. The minimum Gasteiger partial charge on any atom is -0.331 e. The van der Waals surface area contributed by atoms with Crippen molar-refractivity contribution in [2.24, 2.45) is 0 Å². The third kappa shape index (κ3) is 2.66. The van der Waals surface area contributed by atoms with Crippen molar-refractivity contribution in [2.75, 3.05) is 13.1 Å². The third-order valence-corrected chi connectivity index (χ3v) is 5.51. The Bertz CT molecular complexity index is 757. The van der Waals surface area contributed by atoms with Gasteiger partial charge < -0.3 is 10.2 Å². The lowest BCUT2D eigenvalue weighted by molar-refractivity contribution is 0.0682. The van der Waals surface area contributed by atoms with Crippen molar-refractivity contribution in [3.63, 3.8) is 0 Å². The number of carbonyl (C=O) groups is 1. The Morgan fingerprint density at radius 2 is 2.09 bits per heavy atom. The second kappa shape index (κ2) is 5.87. The molecule has 0 aliphatic carbocycles. The van der Waals surface area contributed by atoms with Gasteiger partial charge in [-0.25, -0.2) is 0 Å². The summed E-state index contributed by atoms with van der Waals surface area (Å²) in [6.45, 7) is 3.87. The van der Waals surface area contributed by atoms with Gasteiger partial charge in [0.25, 0.3) is 5.91 Å². The summed E-state index contributed by atoms with van der Waals surface area (Å²) in [5.41, 5.74) is 2.56. The van der Waals surface area contributed by atoms with Gasteiger partial charge in [-0.3, -0.25) is 9.78 Å². The van der Waals surface area contributed by atoms with E-state index in [2.05, 4.69) is 31.1 Å². The Kier molecular flexibility index (Phi) is 3.85. The molecule has 4 rings (SSSR count). The molecule has 2 saturated heterocycles. The molecule has 2 aliphatic rings. The minimum absolute atomic E-state index is 0.166. The lowest BCUT2D eigenvalue weighted by Crippen LogP contribution is -2.42. The van der Waals surface area contributed by atoms with Gasteiger partial charge in [-0.2, -0.15) is 0 Å². The van der Waals surface area contributed by atoms with E-state index in [1.54, 1.807) is 0 Å². The summed E-state index contributed by atoms with van der Waals surface area (Å²) in [6.07, 6.45) is 3.29. The van der Waals surface area contributed by atoms with Crippen molar-refractivity contribution in [2.45, 2.75) is 38.3 Å². The summed E-state index contributed by atoms with van der Waals surface area (Å²) in [5.74, 6) is 0.166. The van der Waals surface area contributed by atoms with E-state index >= 15 is 0 Å². The first-order valence-corrected chi connectivity index (χ1v) is 9.03. The zero-order valence-corrected chi connectivity index (χ0v) is 14.8. The van der Waals surface area contributed by atoms with Crippen LogP contribution in [0.4, 0.5) is 0 Å². The number of aromatic nitrogens is 1. The van der Waals surface area contributed by atoms with Crippen LogP contribution in [0.5, 0.6) is 0 Å². The molecule has 1 aromatic carbocycles. The molecule has 23 heavy (non-hydrogen) atoms. The van der Waals surface area contributed by atoms with Crippen LogP contribution in [0.25, 0.3) is 10.9 Å². The first-order chi connectivity index (χ1) is 11.1. The van der Waals surface area contributed by atoms with E-state index in [0.29, 0.717) is 12.1 Å². The van der Waals surface area contributed by atoms with Crippen molar-refractivity contribution >= 4 is 32.7 Å². The van der Waals surface area contributed by atoms with Crippen LogP contribution in [0.15, 0.2) is 28.7 Å². The maximum atomic E-state index is 13.3. The molecule has 2 aliphatic heterocycles. The van der Waals surface area contributed by atoms with Gasteiger partial charge in [0.1, 0.15) is 0 Å². The van der Waals surface area contributed by atoms with Crippen molar-refractivity contribution < 1.29 is 4.79 Å². The molecule has 0 radical (unpaired) electrons. The monoisotopic (exact) mass is 373 g/mol. The van der Waals surface area contributed by atoms with Crippen LogP contribution in [0.3, 0.4) is 0 Å². The van der Waals surface area contributed by atoms with Crippen LogP contribution in [0.1, 0.15) is 35.3 Å². The summed E-state index contributed by atoms with van der Waals surface area (Å²) in [4.78, 5) is 20.0. The lowest BCUT2D eigenvalue weighted by atomic mass is 10.1. The number of carbonyl (C=O) groups excluding carboxylic acids is 1. The largest absolute Gasteiger partial charge is 0.331 e. The molecule has 1 aromatic heterocycles. The van der Waals surface area contributed by atoms with E-state index in [1.807, 2.05) is 31.2 Å². The van der Waals surface area contributed by atoms with Gasteiger partial charge in [0, 0.05) is 34.2 Å². The normalized spacial score (nSPS) is 24.0. The van der Waals surface area contributed by atoms with Crippen LogP contribution in [0, 0.1) is 6.92 Å². The van der Waals surface area contributed by atoms with Gasteiger partial charge in [0.15, 0.2) is 0 Å². The number of pyridine rings is 1. The Morgan fingerprint density at radius 1 is 1.26 bits per heavy atom. The van der Waals surface area contributed by atoms with Gasteiger partial charge >= 0.3 is 0 Å². The van der Waals surface area contributed by atoms with E-state index in [-0.39, 0.29) is 5.91 Å². The van der Waals surface area contributed by atoms with E-state index < -0.39 is 0 Å². The highest BCUT2D eigenvalue weighted by atomic mass is 79.9. The topological polar surface area (TPSA) is 45.2 Å². The fourth-order valence-electron chi connectivity index (χ4n) is 3.96. The number of fused-ring (bicyclic) bond motifs is 3. The van der Waals surface area contributed by atoms with E-state index in [1.165, 1.54) is 0 Å². The molecule has 1 amide bonds. The lowest BCUT2D eigenvalue weighted by Gasteiger charge is -2.28. The first-order valence-electron chi connectivity index (χ1n) is 8.24. The predicted octanol–water partition coefficient (Wildman–Crippen LogP) is 3.27. The standard InChI is InChI=1S/C18H20BrN3O/c1-11-8-16(15-5-2-12(19)9-17(15)21-11)18(23)22-13-3-4-14(22)10-20-7-6-13/h2,5,8-9,13-14,20H,3-4,6-7,10H2,1H3.